The zero-order valence-corrected chi connectivity index (χ0v) is 17.0. The molecular weight excluding hydrogens is 358 g/mol. The van der Waals surface area contributed by atoms with Crippen LogP contribution in [0.25, 0.3) is 0 Å². The quantitative estimate of drug-likeness (QED) is 0.489. The van der Waals surface area contributed by atoms with Gasteiger partial charge in [-0.2, -0.15) is 0 Å². The summed E-state index contributed by atoms with van der Waals surface area (Å²) in [4.78, 5) is 15.6. The molecule has 144 valence electrons. The van der Waals surface area contributed by atoms with Crippen molar-refractivity contribution in [1.82, 2.24) is 4.90 Å². The minimum Gasteiger partial charge on any atom is -0.465 e. The van der Waals surface area contributed by atoms with Crippen LogP contribution in [-0.4, -0.2) is 37.1 Å². The summed E-state index contributed by atoms with van der Waals surface area (Å²) in [6.45, 7) is 7.76. The predicted octanol–water partition coefficient (Wildman–Crippen LogP) is 4.65. The molecule has 0 atom stereocenters. The van der Waals surface area contributed by atoms with E-state index in [2.05, 4.69) is 30.9 Å². The first-order chi connectivity index (χ1) is 13.1. The molecule has 0 unspecified atom stereocenters. The Kier molecular flexibility index (Phi) is 6.56. The molecular formula is C23H28ClNO2. The summed E-state index contributed by atoms with van der Waals surface area (Å²) in [5, 5.41) is 0.678. The van der Waals surface area contributed by atoms with Crippen molar-refractivity contribution < 1.29 is 9.53 Å². The van der Waals surface area contributed by atoms with Gasteiger partial charge < -0.3 is 9.64 Å². The monoisotopic (exact) mass is 385 g/mol. The molecule has 0 saturated heterocycles. The Morgan fingerprint density at radius 2 is 1.63 bits per heavy atom. The average molecular weight is 386 g/mol. The van der Waals surface area contributed by atoms with Crippen molar-refractivity contribution >= 4 is 17.6 Å². The molecule has 0 saturated carbocycles. The number of benzene rings is 2. The summed E-state index contributed by atoms with van der Waals surface area (Å²) in [7, 11) is 0. The number of halogens is 1. The van der Waals surface area contributed by atoms with E-state index in [9.17, 15) is 4.79 Å². The van der Waals surface area contributed by atoms with Crippen molar-refractivity contribution in [1.29, 1.82) is 0 Å². The summed E-state index contributed by atoms with van der Waals surface area (Å²) in [5.74, 6) is -0.124. The number of fused-ring (bicyclic) bond motifs is 1. The van der Waals surface area contributed by atoms with Gasteiger partial charge in [-0.1, -0.05) is 61.8 Å². The summed E-state index contributed by atoms with van der Waals surface area (Å²) < 4.78 is 5.79. The van der Waals surface area contributed by atoms with Gasteiger partial charge in [0.1, 0.15) is 5.41 Å². The van der Waals surface area contributed by atoms with Gasteiger partial charge in [0.25, 0.3) is 0 Å². The van der Waals surface area contributed by atoms with Crippen LogP contribution in [0.2, 0.25) is 5.02 Å². The molecule has 0 heterocycles. The topological polar surface area (TPSA) is 29.5 Å². The smallest absolute Gasteiger partial charge is 0.317 e. The van der Waals surface area contributed by atoms with Gasteiger partial charge in [-0.3, -0.25) is 4.79 Å². The first-order valence-electron chi connectivity index (χ1n) is 9.81. The lowest BCUT2D eigenvalue weighted by Gasteiger charge is -2.28. The van der Waals surface area contributed by atoms with E-state index in [4.69, 9.17) is 16.3 Å². The van der Waals surface area contributed by atoms with Crippen LogP contribution in [0.1, 0.15) is 37.0 Å². The zero-order valence-electron chi connectivity index (χ0n) is 16.2. The van der Waals surface area contributed by atoms with E-state index in [0.717, 1.165) is 31.6 Å². The molecule has 0 bridgehead atoms. The molecule has 0 N–H and O–H groups in total. The van der Waals surface area contributed by atoms with Crippen molar-refractivity contribution in [2.45, 2.75) is 38.5 Å². The van der Waals surface area contributed by atoms with E-state index in [1.54, 1.807) is 0 Å². The summed E-state index contributed by atoms with van der Waals surface area (Å²) in [5.41, 5.74) is 2.79. The third-order valence-electron chi connectivity index (χ3n) is 5.64. The molecule has 4 heteroatoms. The second-order valence-electron chi connectivity index (χ2n) is 7.23. The highest BCUT2D eigenvalue weighted by Crippen LogP contribution is 2.41. The fourth-order valence-corrected chi connectivity index (χ4v) is 4.11. The first kappa shape index (κ1) is 19.9. The van der Waals surface area contributed by atoms with Gasteiger partial charge in [-0.15, -0.1) is 0 Å². The number of carbonyl (C=O) groups excluding carboxylic acids is 1. The van der Waals surface area contributed by atoms with Gasteiger partial charge in [0.15, 0.2) is 0 Å². The summed E-state index contributed by atoms with van der Waals surface area (Å²) in [6, 6.07) is 15.9. The van der Waals surface area contributed by atoms with E-state index in [-0.39, 0.29) is 5.97 Å². The first-order valence-corrected chi connectivity index (χ1v) is 10.2. The predicted molar refractivity (Wildman–Crippen MR) is 110 cm³/mol. The standard InChI is InChI=1S/C23H28ClNO2/c1-3-25(4-2)14-7-15-27-22(26)23(20-10-12-21(24)13-11-20)16-18-8-5-6-9-19(18)17-23/h5-6,8-13H,3-4,7,14-17H2,1-2H3. The lowest BCUT2D eigenvalue weighted by atomic mass is 9.77. The van der Waals surface area contributed by atoms with E-state index >= 15 is 0 Å². The molecule has 0 amide bonds. The van der Waals surface area contributed by atoms with Crippen molar-refractivity contribution in [2.75, 3.05) is 26.2 Å². The Bertz CT molecular complexity index is 743. The SMILES string of the molecule is CCN(CC)CCCOC(=O)C1(c2ccc(Cl)cc2)Cc2ccccc2C1. The van der Waals surface area contributed by atoms with Crippen LogP contribution in [-0.2, 0) is 27.8 Å². The van der Waals surface area contributed by atoms with Crippen molar-refractivity contribution in [3.05, 3.63) is 70.2 Å². The normalized spacial score (nSPS) is 15.0. The van der Waals surface area contributed by atoms with Gasteiger partial charge in [0.05, 0.1) is 6.61 Å². The molecule has 3 nitrogen and oxygen atoms in total. The van der Waals surface area contributed by atoms with Crippen LogP contribution in [0, 0.1) is 0 Å². The van der Waals surface area contributed by atoms with E-state index in [0.29, 0.717) is 24.5 Å². The number of esters is 1. The largest absolute Gasteiger partial charge is 0.465 e. The maximum atomic E-state index is 13.2. The van der Waals surface area contributed by atoms with E-state index in [1.165, 1.54) is 11.1 Å². The van der Waals surface area contributed by atoms with Gasteiger partial charge in [-0.05, 0) is 61.2 Å². The molecule has 0 fully saturated rings. The lowest BCUT2D eigenvalue weighted by molar-refractivity contribution is -0.150. The van der Waals surface area contributed by atoms with Crippen molar-refractivity contribution in [3.8, 4) is 0 Å². The highest BCUT2D eigenvalue weighted by molar-refractivity contribution is 6.30. The van der Waals surface area contributed by atoms with Crippen LogP contribution < -0.4 is 0 Å². The van der Waals surface area contributed by atoms with Gasteiger partial charge in [0, 0.05) is 11.6 Å². The van der Waals surface area contributed by atoms with Crippen molar-refractivity contribution in [2.24, 2.45) is 0 Å². The fourth-order valence-electron chi connectivity index (χ4n) is 3.98. The molecule has 0 aliphatic heterocycles. The second-order valence-corrected chi connectivity index (χ2v) is 7.66. The minimum atomic E-state index is -0.649. The Balaban J connectivity index is 1.75. The minimum absolute atomic E-state index is 0.124. The number of rotatable bonds is 8. The Hall–Kier alpha value is -1.84. The molecule has 0 radical (unpaired) electrons. The highest BCUT2D eigenvalue weighted by Gasteiger charge is 2.46. The van der Waals surface area contributed by atoms with Crippen molar-refractivity contribution in [3.63, 3.8) is 0 Å². The number of hydrogen-bond acceptors (Lipinski definition) is 3. The Labute approximate surface area is 167 Å². The molecule has 27 heavy (non-hydrogen) atoms. The Morgan fingerprint density at radius 3 is 2.19 bits per heavy atom. The Morgan fingerprint density at radius 1 is 1.04 bits per heavy atom. The molecule has 0 spiro atoms. The highest BCUT2D eigenvalue weighted by atomic mass is 35.5. The van der Waals surface area contributed by atoms with Crippen LogP contribution in [0.3, 0.4) is 0 Å². The number of carbonyl (C=O) groups is 1. The van der Waals surface area contributed by atoms with Gasteiger partial charge in [0.2, 0.25) is 0 Å². The van der Waals surface area contributed by atoms with Crippen LogP contribution in [0.4, 0.5) is 0 Å². The number of hydrogen-bond donors (Lipinski definition) is 0. The van der Waals surface area contributed by atoms with E-state index in [1.807, 2.05) is 36.4 Å². The van der Waals surface area contributed by atoms with Crippen LogP contribution in [0.15, 0.2) is 48.5 Å². The van der Waals surface area contributed by atoms with Gasteiger partial charge >= 0.3 is 5.97 Å². The average Bonchev–Trinajstić information content (AvgIpc) is 3.09. The van der Waals surface area contributed by atoms with Gasteiger partial charge in [-0.25, -0.2) is 0 Å². The third kappa shape index (κ3) is 4.36. The second kappa shape index (κ2) is 8.90. The summed E-state index contributed by atoms with van der Waals surface area (Å²) >= 11 is 6.07. The fraction of sp³-hybridized carbons (Fsp3) is 0.435. The molecule has 2 aromatic carbocycles. The van der Waals surface area contributed by atoms with Crippen LogP contribution >= 0.6 is 11.6 Å². The summed E-state index contributed by atoms with van der Waals surface area (Å²) in [6.07, 6.45) is 2.22. The van der Waals surface area contributed by atoms with Crippen LogP contribution in [0.5, 0.6) is 0 Å². The lowest BCUT2D eigenvalue weighted by Crippen LogP contribution is -2.39. The molecule has 2 aromatic rings. The maximum Gasteiger partial charge on any atom is 0.317 e. The third-order valence-corrected chi connectivity index (χ3v) is 5.89. The molecule has 1 aliphatic rings. The van der Waals surface area contributed by atoms with E-state index < -0.39 is 5.41 Å². The molecule has 3 rings (SSSR count). The molecule has 1 aliphatic carbocycles. The number of nitrogens with zero attached hydrogens (tertiary/aromatic N) is 1. The zero-order chi connectivity index (χ0) is 19.3. The number of ether oxygens (including phenoxy) is 1. The molecule has 0 aromatic heterocycles. The maximum absolute atomic E-state index is 13.2.